The van der Waals surface area contributed by atoms with Crippen molar-refractivity contribution in [2.24, 2.45) is 0 Å². The SMILES string of the molecule is CN(C)S(=O)(=O)c1cccc(NC(=O)CCOc2ccc(Cl)cc2)c1. The normalized spacial score (nSPS) is 11.4. The Morgan fingerprint density at radius 2 is 1.84 bits per heavy atom. The first-order chi connectivity index (χ1) is 11.8. The lowest BCUT2D eigenvalue weighted by Gasteiger charge is -2.13. The van der Waals surface area contributed by atoms with E-state index in [9.17, 15) is 13.2 Å². The zero-order valence-electron chi connectivity index (χ0n) is 13.9. The van der Waals surface area contributed by atoms with Crippen LogP contribution < -0.4 is 10.1 Å². The van der Waals surface area contributed by atoms with E-state index in [0.717, 1.165) is 4.31 Å². The maximum Gasteiger partial charge on any atom is 0.242 e. The molecule has 0 aliphatic carbocycles. The second-order valence-electron chi connectivity index (χ2n) is 5.42. The van der Waals surface area contributed by atoms with Crippen molar-refractivity contribution in [3.05, 3.63) is 53.6 Å². The molecule has 0 heterocycles. The number of hydrogen-bond donors (Lipinski definition) is 1. The number of hydrogen-bond acceptors (Lipinski definition) is 4. The highest BCUT2D eigenvalue weighted by atomic mass is 35.5. The predicted molar refractivity (Wildman–Crippen MR) is 97.5 cm³/mol. The summed E-state index contributed by atoms with van der Waals surface area (Å²) in [4.78, 5) is 12.1. The zero-order valence-corrected chi connectivity index (χ0v) is 15.5. The summed E-state index contributed by atoms with van der Waals surface area (Å²) in [5.41, 5.74) is 0.416. The molecule has 6 nitrogen and oxygen atoms in total. The number of halogens is 1. The molecule has 0 fully saturated rings. The number of carbonyl (C=O) groups excluding carboxylic acids is 1. The maximum atomic E-state index is 12.1. The van der Waals surface area contributed by atoms with Gasteiger partial charge in [0.25, 0.3) is 0 Å². The van der Waals surface area contributed by atoms with Gasteiger partial charge < -0.3 is 10.1 Å². The fourth-order valence-electron chi connectivity index (χ4n) is 1.96. The topological polar surface area (TPSA) is 75.7 Å². The largest absolute Gasteiger partial charge is 0.493 e. The molecule has 0 saturated heterocycles. The lowest BCUT2D eigenvalue weighted by molar-refractivity contribution is -0.116. The summed E-state index contributed by atoms with van der Waals surface area (Å²) in [6, 6.07) is 13.0. The summed E-state index contributed by atoms with van der Waals surface area (Å²) < 4.78 is 30.8. The van der Waals surface area contributed by atoms with Gasteiger partial charge in [0.1, 0.15) is 5.75 Å². The van der Waals surface area contributed by atoms with Crippen LogP contribution in [0.3, 0.4) is 0 Å². The molecule has 0 unspecified atom stereocenters. The molecule has 2 aromatic carbocycles. The van der Waals surface area contributed by atoms with Crippen LogP contribution in [0.5, 0.6) is 5.75 Å². The Hall–Kier alpha value is -2.09. The third-order valence-electron chi connectivity index (χ3n) is 3.31. The van der Waals surface area contributed by atoms with Gasteiger partial charge in [-0.15, -0.1) is 0 Å². The van der Waals surface area contributed by atoms with Gasteiger partial charge in [-0.05, 0) is 42.5 Å². The van der Waals surface area contributed by atoms with E-state index in [1.54, 1.807) is 36.4 Å². The Balaban J connectivity index is 1.91. The minimum absolute atomic E-state index is 0.118. The molecule has 1 N–H and O–H groups in total. The summed E-state index contributed by atoms with van der Waals surface area (Å²) in [7, 11) is -0.639. The lowest BCUT2D eigenvalue weighted by Crippen LogP contribution is -2.22. The number of anilines is 1. The number of amides is 1. The molecule has 25 heavy (non-hydrogen) atoms. The summed E-state index contributed by atoms with van der Waals surface area (Å²) in [6.07, 6.45) is 0.132. The molecule has 134 valence electrons. The van der Waals surface area contributed by atoms with Crippen molar-refractivity contribution in [3.63, 3.8) is 0 Å². The first-order valence-electron chi connectivity index (χ1n) is 7.50. The summed E-state index contributed by atoms with van der Waals surface area (Å²) >= 11 is 5.79. The summed E-state index contributed by atoms with van der Waals surface area (Å²) in [6.45, 7) is 0.198. The number of carbonyl (C=O) groups is 1. The minimum atomic E-state index is -3.55. The Kier molecular flexibility index (Phi) is 6.41. The average molecular weight is 383 g/mol. The van der Waals surface area contributed by atoms with Crippen LogP contribution in [-0.2, 0) is 14.8 Å². The molecule has 0 atom stereocenters. The quantitative estimate of drug-likeness (QED) is 0.798. The van der Waals surface area contributed by atoms with Crippen LogP contribution in [0.1, 0.15) is 6.42 Å². The van der Waals surface area contributed by atoms with Crippen LogP contribution in [0.15, 0.2) is 53.4 Å². The predicted octanol–water partition coefficient (Wildman–Crippen LogP) is 3.00. The van der Waals surface area contributed by atoms with Crippen molar-refractivity contribution in [3.8, 4) is 5.75 Å². The van der Waals surface area contributed by atoms with Crippen molar-refractivity contribution < 1.29 is 17.9 Å². The molecular weight excluding hydrogens is 364 g/mol. The van der Waals surface area contributed by atoms with Gasteiger partial charge in [0.05, 0.1) is 17.9 Å². The maximum absolute atomic E-state index is 12.1. The monoisotopic (exact) mass is 382 g/mol. The molecule has 1 amide bonds. The van der Waals surface area contributed by atoms with E-state index in [2.05, 4.69) is 5.32 Å². The summed E-state index contributed by atoms with van der Waals surface area (Å²) in [5, 5.41) is 3.27. The smallest absolute Gasteiger partial charge is 0.242 e. The Morgan fingerprint density at radius 3 is 2.48 bits per heavy atom. The van der Waals surface area contributed by atoms with Gasteiger partial charge in [0.2, 0.25) is 15.9 Å². The molecule has 0 aromatic heterocycles. The van der Waals surface area contributed by atoms with E-state index in [1.807, 2.05) is 0 Å². The summed E-state index contributed by atoms with van der Waals surface area (Å²) in [5.74, 6) is 0.352. The fourth-order valence-corrected chi connectivity index (χ4v) is 3.04. The van der Waals surface area contributed by atoms with Crippen molar-refractivity contribution in [2.75, 3.05) is 26.0 Å². The molecular formula is C17H19ClN2O4S. The molecule has 2 rings (SSSR count). The number of ether oxygens (including phenoxy) is 1. The molecule has 2 aromatic rings. The van der Waals surface area contributed by atoms with Gasteiger partial charge in [-0.2, -0.15) is 0 Å². The highest BCUT2D eigenvalue weighted by Crippen LogP contribution is 2.18. The van der Waals surface area contributed by atoms with Crippen LogP contribution >= 0.6 is 11.6 Å². The highest BCUT2D eigenvalue weighted by molar-refractivity contribution is 7.89. The molecule has 8 heteroatoms. The number of sulfonamides is 1. The number of nitrogens with zero attached hydrogens (tertiary/aromatic N) is 1. The van der Waals surface area contributed by atoms with Crippen molar-refractivity contribution in [1.82, 2.24) is 4.31 Å². The number of rotatable bonds is 7. The first kappa shape index (κ1) is 19.2. The Labute approximate surface area is 152 Å². The van der Waals surface area contributed by atoms with E-state index in [1.165, 1.54) is 26.2 Å². The number of nitrogens with one attached hydrogen (secondary N) is 1. The molecule has 0 spiro atoms. The van der Waals surface area contributed by atoms with Gasteiger partial charge in [-0.25, -0.2) is 12.7 Å². The van der Waals surface area contributed by atoms with E-state index in [4.69, 9.17) is 16.3 Å². The standard InChI is InChI=1S/C17H19ClN2O4S/c1-20(2)25(22,23)16-5-3-4-14(12-16)19-17(21)10-11-24-15-8-6-13(18)7-9-15/h3-9,12H,10-11H2,1-2H3,(H,19,21). The molecule has 0 aliphatic heterocycles. The molecule has 0 saturated carbocycles. The van der Waals surface area contributed by atoms with E-state index in [-0.39, 0.29) is 23.8 Å². The number of benzene rings is 2. The van der Waals surface area contributed by atoms with E-state index >= 15 is 0 Å². The van der Waals surface area contributed by atoms with Gasteiger partial charge in [0, 0.05) is 24.8 Å². The van der Waals surface area contributed by atoms with Crippen LogP contribution in [0.2, 0.25) is 5.02 Å². The first-order valence-corrected chi connectivity index (χ1v) is 9.31. The van der Waals surface area contributed by atoms with Crippen LogP contribution in [0.4, 0.5) is 5.69 Å². The lowest BCUT2D eigenvalue weighted by atomic mass is 10.3. The van der Waals surface area contributed by atoms with Gasteiger partial charge >= 0.3 is 0 Å². The third kappa shape index (κ3) is 5.45. The van der Waals surface area contributed by atoms with Gasteiger partial charge in [0.15, 0.2) is 0 Å². The Morgan fingerprint density at radius 1 is 1.16 bits per heavy atom. The van der Waals surface area contributed by atoms with E-state index < -0.39 is 10.0 Å². The third-order valence-corrected chi connectivity index (χ3v) is 5.37. The van der Waals surface area contributed by atoms with Crippen molar-refractivity contribution >= 4 is 33.2 Å². The van der Waals surface area contributed by atoms with Gasteiger partial charge in [-0.1, -0.05) is 17.7 Å². The Bertz CT molecular complexity index is 836. The molecule has 0 aliphatic rings. The second kappa shape index (κ2) is 8.33. The molecule has 0 radical (unpaired) electrons. The fraction of sp³-hybridized carbons (Fsp3) is 0.235. The van der Waals surface area contributed by atoms with Crippen LogP contribution in [0.25, 0.3) is 0 Å². The molecule has 0 bridgehead atoms. The zero-order chi connectivity index (χ0) is 18.4. The minimum Gasteiger partial charge on any atom is -0.493 e. The van der Waals surface area contributed by atoms with E-state index in [0.29, 0.717) is 16.5 Å². The van der Waals surface area contributed by atoms with Crippen molar-refractivity contribution in [2.45, 2.75) is 11.3 Å². The average Bonchev–Trinajstić information content (AvgIpc) is 2.56. The van der Waals surface area contributed by atoms with Crippen LogP contribution in [-0.4, -0.2) is 39.3 Å². The highest BCUT2D eigenvalue weighted by Gasteiger charge is 2.17. The van der Waals surface area contributed by atoms with Crippen LogP contribution in [0, 0.1) is 0 Å². The van der Waals surface area contributed by atoms with Crippen molar-refractivity contribution in [1.29, 1.82) is 0 Å². The second-order valence-corrected chi connectivity index (χ2v) is 8.00. The van der Waals surface area contributed by atoms with Gasteiger partial charge in [-0.3, -0.25) is 4.79 Å².